The highest BCUT2D eigenvalue weighted by molar-refractivity contribution is 5.82. The maximum Gasteiger partial charge on any atom is 0.219 e. The number of hydrogen-bond donors (Lipinski definition) is 1. The van der Waals surface area contributed by atoms with E-state index >= 15 is 0 Å². The molecule has 0 aliphatic carbocycles. The molecule has 64 valence electrons. The van der Waals surface area contributed by atoms with Crippen molar-refractivity contribution in [1.82, 2.24) is 5.32 Å². The van der Waals surface area contributed by atoms with Crippen molar-refractivity contribution in [2.24, 2.45) is 4.99 Å². The smallest absolute Gasteiger partial charge is 0.219 e. The van der Waals surface area contributed by atoms with Gasteiger partial charge in [-0.05, 0) is 19.8 Å². The number of aliphatic imine (C=N–C) groups is 1. The molecule has 0 aliphatic heterocycles. The van der Waals surface area contributed by atoms with Crippen LogP contribution < -0.4 is 5.32 Å². The predicted octanol–water partition coefficient (Wildman–Crippen LogP) is 0.993. The lowest BCUT2D eigenvalue weighted by atomic mass is 10.2. The minimum absolute atomic E-state index is 0.105. The molecule has 0 bridgehead atoms. The quantitative estimate of drug-likeness (QED) is 0.606. The summed E-state index contributed by atoms with van der Waals surface area (Å²) in [5.41, 5.74) is 1.11. The van der Waals surface area contributed by atoms with Gasteiger partial charge in [-0.25, -0.2) is 0 Å². The van der Waals surface area contributed by atoms with Gasteiger partial charge in [0.15, 0.2) is 0 Å². The minimum atomic E-state index is 0.105. The maximum atomic E-state index is 10.7. The second-order valence-electron chi connectivity index (χ2n) is 2.49. The topological polar surface area (TPSA) is 41.5 Å². The first-order valence-corrected chi connectivity index (χ1v) is 3.83. The fraction of sp³-hybridized carbons (Fsp3) is 0.750. The Balaban J connectivity index is 3.35. The van der Waals surface area contributed by atoms with Crippen molar-refractivity contribution in [3.63, 3.8) is 0 Å². The first-order valence-electron chi connectivity index (χ1n) is 3.83. The molecular formula is C8H16N2O. The number of rotatable bonds is 4. The van der Waals surface area contributed by atoms with Gasteiger partial charge < -0.3 is 5.32 Å². The number of carbonyl (C=O) groups is 1. The third-order valence-electron chi connectivity index (χ3n) is 1.60. The summed E-state index contributed by atoms with van der Waals surface area (Å²) in [5, 5.41) is 2.58. The molecule has 0 spiro atoms. The third-order valence-corrected chi connectivity index (χ3v) is 1.60. The van der Waals surface area contributed by atoms with Gasteiger partial charge in [-0.15, -0.1) is 0 Å². The summed E-state index contributed by atoms with van der Waals surface area (Å²) in [5.74, 6) is 0.105. The molecule has 1 amide bonds. The number of carbonyl (C=O) groups excluding carboxylic acids is 1. The Hall–Kier alpha value is -0.860. The Bertz CT molecular complexity index is 152. The maximum absolute atomic E-state index is 10.7. The SMILES string of the molecule is C/N=C(\C)CCCC(=O)NC. The van der Waals surface area contributed by atoms with E-state index in [9.17, 15) is 4.79 Å². The van der Waals surface area contributed by atoms with E-state index in [1.54, 1.807) is 14.1 Å². The Morgan fingerprint density at radius 3 is 2.55 bits per heavy atom. The molecule has 0 aromatic carbocycles. The van der Waals surface area contributed by atoms with E-state index in [1.807, 2.05) is 6.92 Å². The summed E-state index contributed by atoms with van der Waals surface area (Å²) >= 11 is 0. The Labute approximate surface area is 67.9 Å². The molecule has 0 radical (unpaired) electrons. The van der Waals surface area contributed by atoms with Crippen LogP contribution in [-0.2, 0) is 4.79 Å². The second kappa shape index (κ2) is 5.89. The van der Waals surface area contributed by atoms with Crippen LogP contribution in [0.25, 0.3) is 0 Å². The Kier molecular flexibility index (Phi) is 5.43. The number of nitrogens with zero attached hydrogens (tertiary/aromatic N) is 1. The summed E-state index contributed by atoms with van der Waals surface area (Å²) in [4.78, 5) is 14.7. The van der Waals surface area contributed by atoms with Crippen LogP contribution in [0.4, 0.5) is 0 Å². The molecule has 0 saturated heterocycles. The molecule has 0 atom stereocenters. The standard InChI is InChI=1S/C8H16N2O/c1-7(9-2)5-4-6-8(11)10-3/h4-6H2,1-3H3,(H,10,11)/b9-7+. The van der Waals surface area contributed by atoms with Gasteiger partial charge in [0.25, 0.3) is 0 Å². The van der Waals surface area contributed by atoms with E-state index < -0.39 is 0 Å². The molecule has 0 aliphatic rings. The van der Waals surface area contributed by atoms with Gasteiger partial charge in [0, 0.05) is 26.2 Å². The molecule has 1 N–H and O–H groups in total. The van der Waals surface area contributed by atoms with Crippen molar-refractivity contribution in [3.05, 3.63) is 0 Å². The van der Waals surface area contributed by atoms with Crippen LogP contribution in [0, 0.1) is 0 Å². The largest absolute Gasteiger partial charge is 0.359 e. The van der Waals surface area contributed by atoms with Gasteiger partial charge in [-0.1, -0.05) is 0 Å². The second-order valence-corrected chi connectivity index (χ2v) is 2.49. The van der Waals surface area contributed by atoms with Gasteiger partial charge >= 0.3 is 0 Å². The van der Waals surface area contributed by atoms with Crippen LogP contribution in [0.3, 0.4) is 0 Å². The summed E-state index contributed by atoms with van der Waals surface area (Å²) in [6, 6.07) is 0. The van der Waals surface area contributed by atoms with Gasteiger partial charge in [0.05, 0.1) is 0 Å². The lowest BCUT2D eigenvalue weighted by molar-refractivity contribution is -0.120. The summed E-state index contributed by atoms with van der Waals surface area (Å²) in [6.45, 7) is 1.98. The van der Waals surface area contributed by atoms with Crippen LogP contribution in [0.2, 0.25) is 0 Å². The van der Waals surface area contributed by atoms with Gasteiger partial charge in [0.2, 0.25) is 5.91 Å². The molecule has 0 unspecified atom stereocenters. The Morgan fingerprint density at radius 2 is 2.09 bits per heavy atom. The predicted molar refractivity (Wildman–Crippen MR) is 47.0 cm³/mol. The lowest BCUT2D eigenvalue weighted by Gasteiger charge is -1.98. The molecular weight excluding hydrogens is 140 g/mol. The highest BCUT2D eigenvalue weighted by Gasteiger charge is 1.97. The third kappa shape index (κ3) is 5.58. The molecule has 0 heterocycles. The molecule has 0 aromatic heterocycles. The average molecular weight is 156 g/mol. The summed E-state index contributed by atoms with van der Waals surface area (Å²) in [7, 11) is 3.43. The van der Waals surface area contributed by atoms with E-state index in [0.29, 0.717) is 6.42 Å². The van der Waals surface area contributed by atoms with Gasteiger partial charge in [-0.2, -0.15) is 0 Å². The van der Waals surface area contributed by atoms with Gasteiger partial charge in [-0.3, -0.25) is 9.79 Å². The van der Waals surface area contributed by atoms with Crippen LogP contribution in [0.1, 0.15) is 26.2 Å². The van der Waals surface area contributed by atoms with E-state index in [0.717, 1.165) is 18.6 Å². The van der Waals surface area contributed by atoms with Crippen LogP contribution >= 0.6 is 0 Å². The molecule has 0 aromatic rings. The molecule has 0 fully saturated rings. The highest BCUT2D eigenvalue weighted by atomic mass is 16.1. The highest BCUT2D eigenvalue weighted by Crippen LogP contribution is 1.96. The monoisotopic (exact) mass is 156 g/mol. The normalized spacial score (nSPS) is 11.4. The molecule has 3 heteroatoms. The van der Waals surface area contributed by atoms with Gasteiger partial charge in [0.1, 0.15) is 0 Å². The van der Waals surface area contributed by atoms with Crippen molar-refractivity contribution in [2.45, 2.75) is 26.2 Å². The zero-order valence-corrected chi connectivity index (χ0v) is 7.48. The minimum Gasteiger partial charge on any atom is -0.359 e. The number of hydrogen-bond acceptors (Lipinski definition) is 2. The van der Waals surface area contributed by atoms with E-state index in [-0.39, 0.29) is 5.91 Å². The van der Waals surface area contributed by atoms with Crippen LogP contribution in [0.15, 0.2) is 4.99 Å². The van der Waals surface area contributed by atoms with Crippen LogP contribution in [0.5, 0.6) is 0 Å². The molecule has 0 saturated carbocycles. The fourth-order valence-corrected chi connectivity index (χ4v) is 0.742. The van der Waals surface area contributed by atoms with Crippen LogP contribution in [-0.4, -0.2) is 25.7 Å². The van der Waals surface area contributed by atoms with E-state index in [1.165, 1.54) is 0 Å². The van der Waals surface area contributed by atoms with E-state index in [2.05, 4.69) is 10.3 Å². The zero-order chi connectivity index (χ0) is 8.69. The summed E-state index contributed by atoms with van der Waals surface area (Å²) in [6.07, 6.45) is 2.41. The van der Waals surface area contributed by atoms with Crippen molar-refractivity contribution in [2.75, 3.05) is 14.1 Å². The number of amides is 1. The summed E-state index contributed by atoms with van der Waals surface area (Å²) < 4.78 is 0. The molecule has 3 nitrogen and oxygen atoms in total. The zero-order valence-electron chi connectivity index (χ0n) is 7.48. The van der Waals surface area contributed by atoms with Crippen molar-refractivity contribution < 1.29 is 4.79 Å². The van der Waals surface area contributed by atoms with Crippen molar-refractivity contribution in [1.29, 1.82) is 0 Å². The number of nitrogens with one attached hydrogen (secondary N) is 1. The lowest BCUT2D eigenvalue weighted by Crippen LogP contribution is -2.17. The first kappa shape index (κ1) is 10.1. The van der Waals surface area contributed by atoms with E-state index in [4.69, 9.17) is 0 Å². The molecule has 11 heavy (non-hydrogen) atoms. The fourth-order valence-electron chi connectivity index (χ4n) is 0.742. The average Bonchev–Trinajstić information content (AvgIpc) is 2.04. The van der Waals surface area contributed by atoms with Crippen molar-refractivity contribution in [3.8, 4) is 0 Å². The van der Waals surface area contributed by atoms with Crippen molar-refractivity contribution >= 4 is 11.6 Å². The molecule has 0 rings (SSSR count). The first-order chi connectivity index (χ1) is 5.20. The Morgan fingerprint density at radius 1 is 1.45 bits per heavy atom.